The van der Waals surface area contributed by atoms with E-state index in [-0.39, 0.29) is 11.4 Å². The van der Waals surface area contributed by atoms with E-state index in [0.29, 0.717) is 5.82 Å². The van der Waals surface area contributed by atoms with Gasteiger partial charge in [-0.2, -0.15) is 0 Å². The van der Waals surface area contributed by atoms with Gasteiger partial charge in [-0.1, -0.05) is 12.1 Å². The lowest BCUT2D eigenvalue weighted by atomic mass is 10.2. The summed E-state index contributed by atoms with van der Waals surface area (Å²) >= 11 is 1.66. The quantitative estimate of drug-likeness (QED) is 0.775. The number of aromatic amines is 1. The van der Waals surface area contributed by atoms with Crippen molar-refractivity contribution >= 4 is 17.6 Å². The van der Waals surface area contributed by atoms with Crippen LogP contribution < -0.4 is 11.3 Å². The molecule has 0 fully saturated rings. The number of nitrogens with two attached hydrogens (primary N) is 1. The predicted octanol–water partition coefficient (Wildman–Crippen LogP) is 1.74. The summed E-state index contributed by atoms with van der Waals surface area (Å²) in [5.74, 6) is 0.727. The molecule has 0 unspecified atom stereocenters. The topological polar surface area (TPSA) is 71.8 Å². The maximum Gasteiger partial charge on any atom is 0.253 e. The van der Waals surface area contributed by atoms with Gasteiger partial charge in [-0.15, -0.1) is 11.8 Å². The van der Waals surface area contributed by atoms with Crippen molar-refractivity contribution in [1.82, 2.24) is 9.97 Å². The van der Waals surface area contributed by atoms with Crippen molar-refractivity contribution in [3.05, 3.63) is 40.7 Å². The molecule has 1 heterocycles. The lowest BCUT2D eigenvalue weighted by Crippen LogP contribution is -2.09. The van der Waals surface area contributed by atoms with Crippen LogP contribution in [-0.4, -0.2) is 16.2 Å². The number of nitrogen functional groups attached to an aromatic ring is 1. The molecule has 2 rings (SSSR count). The lowest BCUT2D eigenvalue weighted by molar-refractivity contribution is 1.13. The van der Waals surface area contributed by atoms with Crippen molar-refractivity contribution < 1.29 is 0 Å². The second kappa shape index (κ2) is 4.40. The minimum atomic E-state index is -0.239. The van der Waals surface area contributed by atoms with Gasteiger partial charge in [0.15, 0.2) is 0 Å². The molecule has 0 atom stereocenters. The van der Waals surface area contributed by atoms with Crippen LogP contribution in [0, 0.1) is 0 Å². The SMILES string of the molecule is CSc1ccc(-c2nc(N)cc(=O)[nH]2)cc1. The summed E-state index contributed by atoms with van der Waals surface area (Å²) in [6.07, 6.45) is 2.01. The second-order valence-electron chi connectivity index (χ2n) is 3.25. The average Bonchev–Trinajstić information content (AvgIpc) is 2.28. The van der Waals surface area contributed by atoms with E-state index in [1.54, 1.807) is 11.8 Å². The number of benzene rings is 1. The molecule has 4 nitrogen and oxygen atoms in total. The highest BCUT2D eigenvalue weighted by molar-refractivity contribution is 7.98. The fourth-order valence-corrected chi connectivity index (χ4v) is 1.77. The molecule has 0 radical (unpaired) electrons. The molecule has 0 saturated heterocycles. The Labute approximate surface area is 96.9 Å². The first kappa shape index (κ1) is 10.8. The molecule has 0 aliphatic heterocycles. The Bertz CT molecular complexity index is 548. The third kappa shape index (κ3) is 2.25. The Morgan fingerprint density at radius 3 is 2.56 bits per heavy atom. The van der Waals surface area contributed by atoms with Crippen LogP contribution in [0.4, 0.5) is 5.82 Å². The number of H-pyrrole nitrogens is 1. The van der Waals surface area contributed by atoms with Crippen LogP contribution in [0.15, 0.2) is 40.0 Å². The highest BCUT2D eigenvalue weighted by Crippen LogP contribution is 2.19. The summed E-state index contributed by atoms with van der Waals surface area (Å²) in [7, 11) is 0. The minimum Gasteiger partial charge on any atom is -0.383 e. The maximum atomic E-state index is 11.2. The highest BCUT2D eigenvalue weighted by atomic mass is 32.2. The third-order valence-corrected chi connectivity index (χ3v) is 2.87. The zero-order valence-electron chi connectivity index (χ0n) is 8.73. The molecular formula is C11H11N3OS. The van der Waals surface area contributed by atoms with E-state index in [2.05, 4.69) is 9.97 Å². The van der Waals surface area contributed by atoms with Gasteiger partial charge in [-0.05, 0) is 18.4 Å². The van der Waals surface area contributed by atoms with Crippen LogP contribution in [0.2, 0.25) is 0 Å². The monoisotopic (exact) mass is 233 g/mol. The maximum absolute atomic E-state index is 11.2. The summed E-state index contributed by atoms with van der Waals surface area (Å²) in [5.41, 5.74) is 6.13. The number of hydrogen-bond donors (Lipinski definition) is 2. The molecule has 0 aliphatic carbocycles. The third-order valence-electron chi connectivity index (χ3n) is 2.12. The molecule has 5 heteroatoms. The van der Waals surface area contributed by atoms with Crippen molar-refractivity contribution in [1.29, 1.82) is 0 Å². The molecule has 0 aliphatic rings. The Kier molecular flexibility index (Phi) is 2.96. The average molecular weight is 233 g/mol. The van der Waals surface area contributed by atoms with E-state index in [1.165, 1.54) is 6.07 Å². The summed E-state index contributed by atoms with van der Waals surface area (Å²) in [5, 5.41) is 0. The van der Waals surface area contributed by atoms with Crippen molar-refractivity contribution in [3.63, 3.8) is 0 Å². The molecule has 0 amide bonds. The number of thioether (sulfide) groups is 1. The fourth-order valence-electron chi connectivity index (χ4n) is 1.36. The van der Waals surface area contributed by atoms with Gasteiger partial charge in [0, 0.05) is 16.5 Å². The van der Waals surface area contributed by atoms with Gasteiger partial charge in [0.2, 0.25) is 0 Å². The van der Waals surface area contributed by atoms with E-state index in [4.69, 9.17) is 5.73 Å². The van der Waals surface area contributed by atoms with Gasteiger partial charge < -0.3 is 10.7 Å². The van der Waals surface area contributed by atoms with Gasteiger partial charge in [-0.25, -0.2) is 4.98 Å². The molecule has 1 aromatic heterocycles. The summed E-state index contributed by atoms with van der Waals surface area (Å²) in [6, 6.07) is 9.03. The second-order valence-corrected chi connectivity index (χ2v) is 4.13. The zero-order valence-corrected chi connectivity index (χ0v) is 9.54. The first-order valence-corrected chi connectivity index (χ1v) is 5.93. The van der Waals surface area contributed by atoms with Crippen LogP contribution in [0.1, 0.15) is 0 Å². The Morgan fingerprint density at radius 1 is 1.31 bits per heavy atom. The van der Waals surface area contributed by atoms with Crippen LogP contribution in [0.3, 0.4) is 0 Å². The molecule has 2 aromatic rings. The number of aromatic nitrogens is 2. The van der Waals surface area contributed by atoms with Crippen LogP contribution in [-0.2, 0) is 0 Å². The number of nitrogens with one attached hydrogen (secondary N) is 1. The van der Waals surface area contributed by atoms with Crippen molar-refractivity contribution in [2.24, 2.45) is 0 Å². The minimum absolute atomic E-state index is 0.229. The zero-order chi connectivity index (χ0) is 11.5. The van der Waals surface area contributed by atoms with Gasteiger partial charge in [-0.3, -0.25) is 4.79 Å². The Hall–Kier alpha value is -1.75. The van der Waals surface area contributed by atoms with Crippen molar-refractivity contribution in [2.75, 3.05) is 12.0 Å². The van der Waals surface area contributed by atoms with Crippen LogP contribution in [0.5, 0.6) is 0 Å². The lowest BCUT2D eigenvalue weighted by Gasteiger charge is -2.02. The van der Waals surface area contributed by atoms with Gasteiger partial charge >= 0.3 is 0 Å². The van der Waals surface area contributed by atoms with E-state index < -0.39 is 0 Å². The Balaban J connectivity index is 2.46. The fraction of sp³-hybridized carbons (Fsp3) is 0.0909. The number of anilines is 1. The standard InChI is InChI=1S/C11H11N3OS/c1-16-8-4-2-7(3-5-8)11-13-9(12)6-10(15)14-11/h2-6H,1H3,(H3,12,13,14,15). The summed E-state index contributed by atoms with van der Waals surface area (Å²) in [6.45, 7) is 0. The molecule has 3 N–H and O–H groups in total. The van der Waals surface area contributed by atoms with Gasteiger partial charge in [0.25, 0.3) is 5.56 Å². The molecule has 82 valence electrons. The molecule has 16 heavy (non-hydrogen) atoms. The first-order chi connectivity index (χ1) is 7.69. The predicted molar refractivity (Wildman–Crippen MR) is 66.5 cm³/mol. The van der Waals surface area contributed by atoms with Gasteiger partial charge in [0.1, 0.15) is 11.6 Å². The molecule has 0 bridgehead atoms. The van der Waals surface area contributed by atoms with Gasteiger partial charge in [0.05, 0.1) is 0 Å². The number of hydrogen-bond acceptors (Lipinski definition) is 4. The van der Waals surface area contributed by atoms with Crippen LogP contribution in [0.25, 0.3) is 11.4 Å². The molecular weight excluding hydrogens is 222 g/mol. The Morgan fingerprint density at radius 2 is 2.00 bits per heavy atom. The number of nitrogens with zero attached hydrogens (tertiary/aromatic N) is 1. The first-order valence-electron chi connectivity index (χ1n) is 4.70. The molecule has 0 spiro atoms. The number of rotatable bonds is 2. The summed E-state index contributed by atoms with van der Waals surface area (Å²) < 4.78 is 0. The summed E-state index contributed by atoms with van der Waals surface area (Å²) in [4.78, 5) is 19.1. The molecule has 1 aromatic carbocycles. The van der Waals surface area contributed by atoms with Crippen molar-refractivity contribution in [2.45, 2.75) is 4.90 Å². The van der Waals surface area contributed by atoms with E-state index in [1.807, 2.05) is 30.5 Å². The molecule has 0 saturated carbocycles. The smallest absolute Gasteiger partial charge is 0.253 e. The van der Waals surface area contributed by atoms with E-state index in [9.17, 15) is 4.79 Å². The largest absolute Gasteiger partial charge is 0.383 e. The normalized spacial score (nSPS) is 10.3. The van der Waals surface area contributed by atoms with E-state index >= 15 is 0 Å². The van der Waals surface area contributed by atoms with Crippen molar-refractivity contribution in [3.8, 4) is 11.4 Å². The highest BCUT2D eigenvalue weighted by Gasteiger charge is 2.02. The van der Waals surface area contributed by atoms with Crippen LogP contribution >= 0.6 is 11.8 Å². The van der Waals surface area contributed by atoms with E-state index in [0.717, 1.165) is 10.5 Å².